The molecule has 3 aromatic rings. The van der Waals surface area contributed by atoms with Gasteiger partial charge in [0.1, 0.15) is 0 Å². The lowest BCUT2D eigenvalue weighted by molar-refractivity contribution is -0.114. The number of fused-ring (bicyclic) bond motifs is 1. The van der Waals surface area contributed by atoms with Crippen molar-refractivity contribution >= 4 is 40.2 Å². The molecule has 0 fully saturated rings. The topological polar surface area (TPSA) is 71.1 Å². The van der Waals surface area contributed by atoms with E-state index < -0.39 is 0 Å². The minimum atomic E-state index is -0.232. The smallest absolute Gasteiger partial charge is 0.248 e. The molecule has 0 bridgehead atoms. The monoisotopic (exact) mass is 331 g/mol. The number of carbonyl (C=O) groups is 2. The summed E-state index contributed by atoms with van der Waals surface area (Å²) in [6.45, 7) is 1.46. The summed E-state index contributed by atoms with van der Waals surface area (Å²) in [6.07, 6.45) is 4.88. The summed E-state index contributed by atoms with van der Waals surface area (Å²) in [7, 11) is 0. The molecule has 1 heterocycles. The van der Waals surface area contributed by atoms with E-state index >= 15 is 0 Å². The number of carbonyl (C=O) groups excluding carboxylic acids is 2. The van der Waals surface area contributed by atoms with Gasteiger partial charge in [-0.3, -0.25) is 14.6 Å². The summed E-state index contributed by atoms with van der Waals surface area (Å²) in [4.78, 5) is 27.5. The van der Waals surface area contributed by atoms with Gasteiger partial charge in [0.25, 0.3) is 0 Å². The van der Waals surface area contributed by atoms with E-state index in [0.29, 0.717) is 5.69 Å². The van der Waals surface area contributed by atoms with Crippen molar-refractivity contribution in [2.24, 2.45) is 0 Å². The third-order valence-electron chi connectivity index (χ3n) is 3.55. The van der Waals surface area contributed by atoms with Crippen molar-refractivity contribution < 1.29 is 9.59 Å². The largest absolute Gasteiger partial charge is 0.326 e. The molecule has 0 radical (unpaired) electrons. The van der Waals surface area contributed by atoms with Gasteiger partial charge in [-0.25, -0.2) is 0 Å². The minimum absolute atomic E-state index is 0.119. The first-order valence-corrected chi connectivity index (χ1v) is 7.82. The van der Waals surface area contributed by atoms with E-state index in [1.165, 1.54) is 13.0 Å². The predicted molar refractivity (Wildman–Crippen MR) is 100 cm³/mol. The lowest BCUT2D eigenvalue weighted by Crippen LogP contribution is -2.08. The van der Waals surface area contributed by atoms with Crippen molar-refractivity contribution in [3.8, 4) is 0 Å². The van der Waals surface area contributed by atoms with Crippen LogP contribution in [0.1, 0.15) is 12.5 Å². The van der Waals surface area contributed by atoms with E-state index in [1.807, 2.05) is 42.5 Å². The Morgan fingerprint density at radius 1 is 0.960 bits per heavy atom. The summed E-state index contributed by atoms with van der Waals surface area (Å²) in [5, 5.41) is 6.51. The second-order valence-electron chi connectivity index (χ2n) is 5.51. The number of nitrogens with one attached hydrogen (secondary N) is 2. The second kappa shape index (κ2) is 7.40. The fourth-order valence-electron chi connectivity index (χ4n) is 2.43. The van der Waals surface area contributed by atoms with Crippen LogP contribution in [0.15, 0.2) is 66.9 Å². The molecule has 0 atom stereocenters. The highest BCUT2D eigenvalue weighted by Gasteiger charge is 2.04. The maximum Gasteiger partial charge on any atom is 0.248 e. The molecule has 0 aliphatic carbocycles. The fraction of sp³-hybridized carbons (Fsp3) is 0.0500. The SMILES string of the molecule is CC(=O)Nc1ccc(/C=C/C(=O)Nc2cccc3cccnc23)cc1. The molecule has 5 heteroatoms. The Labute approximate surface area is 145 Å². The van der Waals surface area contributed by atoms with Gasteiger partial charge in [-0.1, -0.05) is 30.3 Å². The molecule has 25 heavy (non-hydrogen) atoms. The van der Waals surface area contributed by atoms with Gasteiger partial charge in [0, 0.05) is 30.3 Å². The molecule has 2 amide bonds. The summed E-state index contributed by atoms with van der Waals surface area (Å²) < 4.78 is 0. The van der Waals surface area contributed by atoms with Gasteiger partial charge in [-0.15, -0.1) is 0 Å². The average Bonchev–Trinajstić information content (AvgIpc) is 2.61. The Hall–Kier alpha value is -3.47. The number of amides is 2. The van der Waals surface area contributed by atoms with Gasteiger partial charge < -0.3 is 10.6 Å². The number of hydrogen-bond acceptors (Lipinski definition) is 3. The van der Waals surface area contributed by atoms with Crippen LogP contribution in [0, 0.1) is 0 Å². The van der Waals surface area contributed by atoms with Crippen LogP contribution in [0.5, 0.6) is 0 Å². The third-order valence-corrected chi connectivity index (χ3v) is 3.55. The van der Waals surface area contributed by atoms with E-state index in [4.69, 9.17) is 0 Å². The summed E-state index contributed by atoms with van der Waals surface area (Å²) in [5.74, 6) is -0.351. The van der Waals surface area contributed by atoms with Gasteiger partial charge in [-0.05, 0) is 35.9 Å². The molecule has 1 aromatic heterocycles. The van der Waals surface area contributed by atoms with Crippen LogP contribution in [0.2, 0.25) is 0 Å². The van der Waals surface area contributed by atoms with Crippen LogP contribution in [-0.2, 0) is 9.59 Å². The highest BCUT2D eigenvalue weighted by molar-refractivity contribution is 6.06. The minimum Gasteiger partial charge on any atom is -0.326 e. The predicted octanol–water partition coefficient (Wildman–Crippen LogP) is 3.85. The van der Waals surface area contributed by atoms with Gasteiger partial charge in [0.15, 0.2) is 0 Å². The zero-order valence-corrected chi connectivity index (χ0v) is 13.7. The van der Waals surface area contributed by atoms with Crippen LogP contribution >= 0.6 is 0 Å². The van der Waals surface area contributed by atoms with Gasteiger partial charge in [-0.2, -0.15) is 0 Å². The normalized spacial score (nSPS) is 10.8. The van der Waals surface area contributed by atoms with Crippen LogP contribution in [0.4, 0.5) is 11.4 Å². The summed E-state index contributed by atoms with van der Waals surface area (Å²) >= 11 is 0. The van der Waals surface area contributed by atoms with E-state index in [0.717, 1.165) is 22.2 Å². The molecular formula is C20H17N3O2. The average molecular weight is 331 g/mol. The molecule has 5 nitrogen and oxygen atoms in total. The maximum absolute atomic E-state index is 12.2. The molecule has 2 N–H and O–H groups in total. The van der Waals surface area contributed by atoms with Crippen LogP contribution in [0.25, 0.3) is 17.0 Å². The number of benzene rings is 2. The van der Waals surface area contributed by atoms with Gasteiger partial charge in [0.05, 0.1) is 11.2 Å². The number of pyridine rings is 1. The quantitative estimate of drug-likeness (QED) is 0.714. The number of hydrogen-bond donors (Lipinski definition) is 2. The maximum atomic E-state index is 12.2. The van der Waals surface area contributed by atoms with Crippen molar-refractivity contribution in [2.75, 3.05) is 10.6 Å². The highest BCUT2D eigenvalue weighted by atomic mass is 16.2. The van der Waals surface area contributed by atoms with Crippen LogP contribution in [0.3, 0.4) is 0 Å². The van der Waals surface area contributed by atoms with Crippen LogP contribution in [-0.4, -0.2) is 16.8 Å². The number of aromatic nitrogens is 1. The molecule has 0 spiro atoms. The summed E-state index contributed by atoms with van der Waals surface area (Å²) in [5.41, 5.74) is 3.01. The number of nitrogens with zero attached hydrogens (tertiary/aromatic N) is 1. The second-order valence-corrected chi connectivity index (χ2v) is 5.51. The summed E-state index contributed by atoms with van der Waals surface area (Å²) in [6, 6.07) is 16.7. The molecular weight excluding hydrogens is 314 g/mol. The first-order chi connectivity index (χ1) is 12.1. The molecule has 124 valence electrons. The van der Waals surface area contributed by atoms with Gasteiger partial charge in [0.2, 0.25) is 11.8 Å². The Balaban J connectivity index is 1.69. The molecule has 0 saturated heterocycles. The molecule has 0 unspecified atom stereocenters. The number of anilines is 2. The lowest BCUT2D eigenvalue weighted by atomic mass is 10.2. The van der Waals surface area contributed by atoms with E-state index in [1.54, 1.807) is 24.4 Å². The lowest BCUT2D eigenvalue weighted by Gasteiger charge is -2.05. The van der Waals surface area contributed by atoms with Crippen molar-refractivity contribution in [3.63, 3.8) is 0 Å². The Morgan fingerprint density at radius 2 is 1.72 bits per heavy atom. The molecule has 2 aromatic carbocycles. The number of para-hydroxylation sites is 1. The Bertz CT molecular complexity index is 941. The molecule has 3 rings (SSSR count). The first kappa shape index (κ1) is 16.4. The third kappa shape index (κ3) is 4.29. The first-order valence-electron chi connectivity index (χ1n) is 7.82. The number of rotatable bonds is 4. The van der Waals surface area contributed by atoms with Gasteiger partial charge >= 0.3 is 0 Å². The zero-order chi connectivity index (χ0) is 17.6. The Kier molecular flexibility index (Phi) is 4.85. The standard InChI is InChI=1S/C20H17N3O2/c1-14(24)22-17-10-7-15(8-11-17)9-12-19(25)23-18-6-2-4-16-5-3-13-21-20(16)18/h2-13H,1H3,(H,22,24)(H,23,25)/b12-9+. The molecule has 0 aliphatic rings. The van der Waals surface area contributed by atoms with E-state index in [2.05, 4.69) is 15.6 Å². The van der Waals surface area contributed by atoms with Crippen molar-refractivity contribution in [3.05, 3.63) is 72.4 Å². The van der Waals surface area contributed by atoms with Crippen molar-refractivity contribution in [2.45, 2.75) is 6.92 Å². The zero-order valence-electron chi connectivity index (χ0n) is 13.7. The Morgan fingerprint density at radius 3 is 2.48 bits per heavy atom. The van der Waals surface area contributed by atoms with Crippen LogP contribution < -0.4 is 10.6 Å². The highest BCUT2D eigenvalue weighted by Crippen LogP contribution is 2.20. The van der Waals surface area contributed by atoms with E-state index in [-0.39, 0.29) is 11.8 Å². The van der Waals surface area contributed by atoms with Crippen molar-refractivity contribution in [1.82, 2.24) is 4.98 Å². The fourth-order valence-corrected chi connectivity index (χ4v) is 2.43. The molecule has 0 aliphatic heterocycles. The molecule has 0 saturated carbocycles. The van der Waals surface area contributed by atoms with Crippen molar-refractivity contribution in [1.29, 1.82) is 0 Å². The van der Waals surface area contributed by atoms with E-state index in [9.17, 15) is 9.59 Å².